The number of aliphatic hydroxyl groups is 2. The lowest BCUT2D eigenvalue weighted by Gasteiger charge is -2.16. The molecular formula is C16H19NO4. The van der Waals surface area contributed by atoms with E-state index in [1.165, 1.54) is 6.07 Å². The average Bonchev–Trinajstić information content (AvgIpc) is 2.51. The van der Waals surface area contributed by atoms with Crippen molar-refractivity contribution in [3.8, 4) is 5.75 Å². The number of aromatic nitrogens is 1. The molecule has 0 aliphatic rings. The molecule has 0 bridgehead atoms. The summed E-state index contributed by atoms with van der Waals surface area (Å²) in [5, 5.41) is 18.4. The fraction of sp³-hybridized carbons (Fsp3) is 0.312. The second-order valence-corrected chi connectivity index (χ2v) is 4.86. The summed E-state index contributed by atoms with van der Waals surface area (Å²) in [6, 6.07) is 11.0. The second-order valence-electron chi connectivity index (χ2n) is 4.86. The van der Waals surface area contributed by atoms with Gasteiger partial charge in [-0.15, -0.1) is 0 Å². The van der Waals surface area contributed by atoms with Crippen molar-refractivity contribution in [2.75, 3.05) is 6.61 Å². The lowest BCUT2D eigenvalue weighted by Crippen LogP contribution is -2.23. The van der Waals surface area contributed by atoms with E-state index in [-0.39, 0.29) is 24.3 Å². The number of nitrogens with zero attached hydrogens (tertiary/aromatic N) is 1. The van der Waals surface area contributed by atoms with Crippen LogP contribution in [0.1, 0.15) is 11.3 Å². The van der Waals surface area contributed by atoms with Gasteiger partial charge < -0.3 is 19.5 Å². The van der Waals surface area contributed by atoms with Crippen LogP contribution >= 0.6 is 0 Å². The third kappa shape index (κ3) is 3.93. The fourth-order valence-corrected chi connectivity index (χ4v) is 2.04. The molecule has 1 unspecified atom stereocenters. The van der Waals surface area contributed by atoms with Crippen molar-refractivity contribution >= 4 is 0 Å². The van der Waals surface area contributed by atoms with E-state index in [0.717, 1.165) is 5.56 Å². The first kappa shape index (κ1) is 15.3. The standard InChI is InChI=1S/C16H19NO4/c1-12-16(21-11-13-5-3-2-4-6-13)15(20)7-8-17(12)9-14(19)10-18/h2-8,14,18-19H,9-11H2,1H3. The van der Waals surface area contributed by atoms with Crippen LogP contribution in [-0.2, 0) is 13.2 Å². The van der Waals surface area contributed by atoms with Gasteiger partial charge in [-0.05, 0) is 12.5 Å². The first-order valence-corrected chi connectivity index (χ1v) is 6.77. The van der Waals surface area contributed by atoms with Gasteiger partial charge in [0.2, 0.25) is 5.43 Å². The molecule has 5 heteroatoms. The van der Waals surface area contributed by atoms with E-state index in [0.29, 0.717) is 12.3 Å². The molecule has 1 heterocycles. The second kappa shape index (κ2) is 7.06. The number of benzene rings is 1. The summed E-state index contributed by atoms with van der Waals surface area (Å²) in [6.45, 7) is 1.95. The van der Waals surface area contributed by atoms with Crippen LogP contribution in [0.15, 0.2) is 47.4 Å². The maximum absolute atomic E-state index is 11.9. The zero-order valence-corrected chi connectivity index (χ0v) is 11.9. The van der Waals surface area contributed by atoms with E-state index in [9.17, 15) is 9.90 Å². The van der Waals surface area contributed by atoms with Crippen molar-refractivity contribution in [1.82, 2.24) is 4.57 Å². The number of rotatable bonds is 6. The molecule has 112 valence electrons. The van der Waals surface area contributed by atoms with Crippen molar-refractivity contribution in [3.05, 3.63) is 64.1 Å². The van der Waals surface area contributed by atoms with Gasteiger partial charge in [-0.25, -0.2) is 0 Å². The predicted molar refractivity (Wildman–Crippen MR) is 79.3 cm³/mol. The molecule has 0 spiro atoms. The maximum atomic E-state index is 11.9. The zero-order valence-electron chi connectivity index (χ0n) is 11.9. The van der Waals surface area contributed by atoms with Crippen LogP contribution in [0.2, 0.25) is 0 Å². The Morgan fingerprint density at radius 1 is 1.24 bits per heavy atom. The van der Waals surface area contributed by atoms with Gasteiger partial charge in [0.05, 0.1) is 24.9 Å². The summed E-state index contributed by atoms with van der Waals surface area (Å²) in [5.41, 5.74) is 1.41. The van der Waals surface area contributed by atoms with Gasteiger partial charge in [-0.2, -0.15) is 0 Å². The Balaban J connectivity index is 2.18. The van der Waals surface area contributed by atoms with Gasteiger partial charge in [0, 0.05) is 12.3 Å². The van der Waals surface area contributed by atoms with Gasteiger partial charge in [0.15, 0.2) is 5.75 Å². The first-order valence-electron chi connectivity index (χ1n) is 6.77. The summed E-state index contributed by atoms with van der Waals surface area (Å²) >= 11 is 0. The molecule has 0 aliphatic carbocycles. The highest BCUT2D eigenvalue weighted by atomic mass is 16.5. The number of hydrogen-bond donors (Lipinski definition) is 2. The predicted octanol–water partition coefficient (Wildman–Crippen LogP) is 1.09. The summed E-state index contributed by atoms with van der Waals surface area (Å²) < 4.78 is 7.33. The minimum Gasteiger partial charge on any atom is -0.483 e. The van der Waals surface area contributed by atoms with Gasteiger partial charge in [-0.1, -0.05) is 30.3 Å². The quantitative estimate of drug-likeness (QED) is 0.835. The molecule has 1 aromatic carbocycles. The van der Waals surface area contributed by atoms with E-state index in [1.807, 2.05) is 30.3 Å². The van der Waals surface area contributed by atoms with Crippen LogP contribution in [-0.4, -0.2) is 27.5 Å². The third-order valence-corrected chi connectivity index (χ3v) is 3.23. The monoisotopic (exact) mass is 289 g/mol. The van der Waals surface area contributed by atoms with Gasteiger partial charge in [0.25, 0.3) is 0 Å². The Labute approximate surface area is 123 Å². The molecule has 0 fully saturated rings. The van der Waals surface area contributed by atoms with E-state index in [1.54, 1.807) is 17.7 Å². The van der Waals surface area contributed by atoms with Crippen molar-refractivity contribution in [2.45, 2.75) is 26.2 Å². The molecule has 0 saturated heterocycles. The molecule has 1 atom stereocenters. The van der Waals surface area contributed by atoms with Crippen LogP contribution in [0, 0.1) is 6.92 Å². The maximum Gasteiger partial charge on any atom is 0.223 e. The van der Waals surface area contributed by atoms with E-state index in [2.05, 4.69) is 0 Å². The average molecular weight is 289 g/mol. The summed E-state index contributed by atoms with van der Waals surface area (Å²) in [7, 11) is 0. The molecule has 0 aliphatic heterocycles. The van der Waals surface area contributed by atoms with Crippen LogP contribution < -0.4 is 10.2 Å². The Bertz CT molecular complexity index is 636. The van der Waals surface area contributed by atoms with Crippen LogP contribution in [0.3, 0.4) is 0 Å². The van der Waals surface area contributed by atoms with Crippen molar-refractivity contribution < 1.29 is 14.9 Å². The molecule has 2 rings (SSSR count). The minimum atomic E-state index is -0.867. The van der Waals surface area contributed by atoms with E-state index < -0.39 is 6.10 Å². The topological polar surface area (TPSA) is 71.7 Å². The smallest absolute Gasteiger partial charge is 0.223 e. The van der Waals surface area contributed by atoms with E-state index >= 15 is 0 Å². The molecule has 21 heavy (non-hydrogen) atoms. The molecular weight excluding hydrogens is 270 g/mol. The van der Waals surface area contributed by atoms with Gasteiger partial charge in [-0.3, -0.25) is 4.79 Å². The van der Waals surface area contributed by atoms with Crippen molar-refractivity contribution in [2.24, 2.45) is 0 Å². The van der Waals surface area contributed by atoms with E-state index in [4.69, 9.17) is 9.84 Å². The van der Waals surface area contributed by atoms with Crippen LogP contribution in [0.5, 0.6) is 5.75 Å². The largest absolute Gasteiger partial charge is 0.483 e. The summed E-state index contributed by atoms with van der Waals surface area (Å²) in [4.78, 5) is 11.9. The minimum absolute atomic E-state index is 0.196. The van der Waals surface area contributed by atoms with Gasteiger partial charge >= 0.3 is 0 Å². The third-order valence-electron chi connectivity index (χ3n) is 3.23. The Hall–Kier alpha value is -2.11. The number of hydrogen-bond acceptors (Lipinski definition) is 4. The normalized spacial score (nSPS) is 12.1. The molecule has 1 aromatic heterocycles. The fourth-order valence-electron chi connectivity index (χ4n) is 2.04. The number of ether oxygens (including phenoxy) is 1. The molecule has 0 radical (unpaired) electrons. The Kier molecular flexibility index (Phi) is 5.14. The molecule has 0 amide bonds. The zero-order chi connectivity index (χ0) is 15.2. The van der Waals surface area contributed by atoms with Gasteiger partial charge in [0.1, 0.15) is 6.61 Å². The van der Waals surface area contributed by atoms with Crippen molar-refractivity contribution in [3.63, 3.8) is 0 Å². The van der Waals surface area contributed by atoms with Crippen LogP contribution in [0.4, 0.5) is 0 Å². The lowest BCUT2D eigenvalue weighted by molar-refractivity contribution is 0.0803. The molecule has 5 nitrogen and oxygen atoms in total. The summed E-state index contributed by atoms with van der Waals surface area (Å²) in [6.07, 6.45) is 0.722. The highest BCUT2D eigenvalue weighted by Crippen LogP contribution is 2.14. The Morgan fingerprint density at radius 2 is 1.95 bits per heavy atom. The molecule has 0 saturated carbocycles. The highest BCUT2D eigenvalue weighted by Gasteiger charge is 2.11. The lowest BCUT2D eigenvalue weighted by atomic mass is 10.2. The highest BCUT2D eigenvalue weighted by molar-refractivity contribution is 5.28. The molecule has 2 N–H and O–H groups in total. The number of pyridine rings is 1. The Morgan fingerprint density at radius 3 is 2.62 bits per heavy atom. The number of aliphatic hydroxyl groups excluding tert-OH is 2. The van der Waals surface area contributed by atoms with Crippen LogP contribution in [0.25, 0.3) is 0 Å². The SMILES string of the molecule is Cc1c(OCc2ccccc2)c(=O)ccn1CC(O)CO. The molecule has 2 aromatic rings. The summed E-state index contributed by atoms with van der Waals surface area (Å²) in [5.74, 6) is 0.270. The van der Waals surface area contributed by atoms with Crippen molar-refractivity contribution in [1.29, 1.82) is 0 Å². The first-order chi connectivity index (χ1) is 10.1.